The molecule has 0 atom stereocenters. The first-order valence-corrected chi connectivity index (χ1v) is 16.8. The molecule has 0 saturated carbocycles. The van der Waals surface area contributed by atoms with Gasteiger partial charge < -0.3 is 71.6 Å². The highest BCUT2D eigenvalue weighted by Gasteiger charge is 2.14. The van der Waals surface area contributed by atoms with E-state index >= 15 is 0 Å². The predicted octanol–water partition coefficient (Wildman–Crippen LogP) is 1.36. The lowest BCUT2D eigenvalue weighted by Gasteiger charge is -2.19. The summed E-state index contributed by atoms with van der Waals surface area (Å²) < 4.78 is 75.1. The summed E-state index contributed by atoms with van der Waals surface area (Å²) >= 11 is 0. The van der Waals surface area contributed by atoms with Gasteiger partial charge >= 0.3 is 6.09 Å². The lowest BCUT2D eigenvalue weighted by molar-refractivity contribution is -0.0290. The van der Waals surface area contributed by atoms with E-state index in [0.717, 1.165) is 0 Å². The highest BCUT2D eigenvalue weighted by molar-refractivity contribution is 5.67. The number of carbonyl (C=O) groups excluding carboxylic acids is 1. The summed E-state index contributed by atoms with van der Waals surface area (Å²) in [6.07, 6.45) is -0.453. The molecule has 0 aliphatic heterocycles. The Morgan fingerprint density at radius 3 is 0.729 bits per heavy atom. The Morgan fingerprint density at radius 1 is 0.354 bits per heavy atom. The van der Waals surface area contributed by atoms with Gasteiger partial charge in [-0.2, -0.15) is 0 Å². The fourth-order valence-electron chi connectivity index (χ4n) is 3.20. The van der Waals surface area contributed by atoms with Gasteiger partial charge in [-0.05, 0) is 20.8 Å². The first kappa shape index (κ1) is 46.8. The maximum atomic E-state index is 11.5. The summed E-state index contributed by atoms with van der Waals surface area (Å²) in [7, 11) is 1.64. The van der Waals surface area contributed by atoms with Crippen LogP contribution in [0.4, 0.5) is 4.79 Å². The minimum absolute atomic E-state index is 0.194. The van der Waals surface area contributed by atoms with Crippen molar-refractivity contribution >= 4 is 6.09 Å². The third-order valence-corrected chi connectivity index (χ3v) is 5.46. The van der Waals surface area contributed by atoms with Gasteiger partial charge in [-0.1, -0.05) is 0 Å². The highest BCUT2D eigenvalue weighted by atomic mass is 16.6. The highest BCUT2D eigenvalue weighted by Crippen LogP contribution is 1.98. The van der Waals surface area contributed by atoms with Crippen LogP contribution in [-0.4, -0.2) is 191 Å². The Hall–Kier alpha value is -1.25. The molecular weight excluding hydrogens is 638 g/mol. The van der Waals surface area contributed by atoms with Crippen LogP contribution in [0.15, 0.2) is 0 Å². The molecule has 288 valence electrons. The minimum Gasteiger partial charge on any atom is -0.447 e. The van der Waals surface area contributed by atoms with Crippen LogP contribution in [0.3, 0.4) is 0 Å². The largest absolute Gasteiger partial charge is 0.447 e. The van der Waals surface area contributed by atoms with E-state index in [1.807, 2.05) is 20.8 Å². The van der Waals surface area contributed by atoms with Crippen LogP contribution >= 0.6 is 0 Å². The molecule has 16 nitrogen and oxygen atoms in total. The van der Waals surface area contributed by atoms with Gasteiger partial charge in [0.1, 0.15) is 6.61 Å². The van der Waals surface area contributed by atoms with E-state index in [0.29, 0.717) is 165 Å². The Kier molecular flexibility index (Phi) is 37.5. The van der Waals surface area contributed by atoms with E-state index in [4.69, 9.17) is 66.3 Å². The van der Waals surface area contributed by atoms with Gasteiger partial charge in [-0.15, -0.1) is 0 Å². The molecule has 0 aromatic carbocycles. The first-order valence-electron chi connectivity index (χ1n) is 16.8. The molecule has 0 rings (SSSR count). The molecule has 0 aromatic heterocycles. The molecule has 0 saturated heterocycles. The zero-order chi connectivity index (χ0) is 35.1. The first-order chi connectivity index (χ1) is 23.5. The summed E-state index contributed by atoms with van der Waals surface area (Å²) in [5, 5.41) is 2.71. The Bertz CT molecular complexity index is 643. The van der Waals surface area contributed by atoms with Crippen LogP contribution in [0, 0.1) is 0 Å². The molecule has 0 spiro atoms. The Labute approximate surface area is 287 Å². The van der Waals surface area contributed by atoms with Crippen LogP contribution in [-0.2, 0) is 66.3 Å². The van der Waals surface area contributed by atoms with Crippen molar-refractivity contribution in [2.75, 3.05) is 179 Å². The van der Waals surface area contributed by atoms with E-state index < -0.39 is 6.09 Å². The maximum absolute atomic E-state index is 11.5. The third kappa shape index (κ3) is 42.8. The van der Waals surface area contributed by atoms with Crippen LogP contribution in [0.1, 0.15) is 20.8 Å². The smallest absolute Gasteiger partial charge is 0.407 e. The van der Waals surface area contributed by atoms with Crippen molar-refractivity contribution < 1.29 is 71.1 Å². The monoisotopic (exact) mass is 703 g/mol. The van der Waals surface area contributed by atoms with Crippen molar-refractivity contribution in [3.8, 4) is 0 Å². The summed E-state index contributed by atoms with van der Waals surface area (Å²) in [6, 6.07) is 0. The van der Waals surface area contributed by atoms with Crippen LogP contribution in [0.25, 0.3) is 0 Å². The SMILES string of the molecule is COCCOCCOCCOCCOCCOCCOCCOCCOCCOCCOCCOCCOCCOC(=O)NC(C)(C)C. The van der Waals surface area contributed by atoms with E-state index in [9.17, 15) is 4.79 Å². The van der Waals surface area contributed by atoms with E-state index in [2.05, 4.69) is 5.32 Å². The molecule has 1 amide bonds. The molecule has 0 aliphatic carbocycles. The summed E-state index contributed by atoms with van der Waals surface area (Å²) in [6.45, 7) is 18.3. The van der Waals surface area contributed by atoms with Crippen LogP contribution in [0.5, 0.6) is 0 Å². The zero-order valence-corrected chi connectivity index (χ0v) is 30.0. The van der Waals surface area contributed by atoms with Crippen LogP contribution in [0.2, 0.25) is 0 Å². The minimum atomic E-state index is -0.453. The number of rotatable bonds is 39. The third-order valence-electron chi connectivity index (χ3n) is 5.46. The molecular formula is C32H65NO15. The quantitative estimate of drug-likeness (QED) is 0.0915. The number of amides is 1. The average molecular weight is 704 g/mol. The second kappa shape index (κ2) is 38.6. The van der Waals surface area contributed by atoms with E-state index in [1.54, 1.807) is 7.11 Å². The number of carbonyl (C=O) groups is 1. The molecule has 0 heterocycles. The van der Waals surface area contributed by atoms with Crippen molar-refractivity contribution in [2.45, 2.75) is 26.3 Å². The summed E-state index contributed by atoms with van der Waals surface area (Å²) in [5.41, 5.74) is -0.325. The van der Waals surface area contributed by atoms with Gasteiger partial charge in [-0.3, -0.25) is 0 Å². The normalized spacial score (nSPS) is 11.8. The summed E-state index contributed by atoms with van der Waals surface area (Å²) in [5.74, 6) is 0. The number of hydrogen-bond acceptors (Lipinski definition) is 15. The van der Waals surface area contributed by atoms with Crippen molar-refractivity contribution in [1.29, 1.82) is 0 Å². The van der Waals surface area contributed by atoms with E-state index in [-0.39, 0.29) is 12.1 Å². The lowest BCUT2D eigenvalue weighted by atomic mass is 10.1. The van der Waals surface area contributed by atoms with Crippen molar-refractivity contribution in [2.24, 2.45) is 0 Å². The van der Waals surface area contributed by atoms with Gasteiger partial charge in [0.2, 0.25) is 0 Å². The molecule has 48 heavy (non-hydrogen) atoms. The molecule has 0 aromatic rings. The number of nitrogens with one attached hydrogen (secondary N) is 1. The average Bonchev–Trinajstić information content (AvgIpc) is 3.05. The van der Waals surface area contributed by atoms with Gasteiger partial charge in [0.25, 0.3) is 0 Å². The standard InChI is InChI=1S/C32H65NO15/c1-32(2,3)33-31(34)48-30-29-47-28-27-46-26-25-45-24-23-44-22-21-43-20-19-42-18-17-41-16-15-40-14-13-39-12-11-38-10-9-37-8-7-36-6-5-35-4/h5-30H2,1-4H3,(H,33,34). The van der Waals surface area contributed by atoms with Crippen molar-refractivity contribution in [1.82, 2.24) is 5.32 Å². The fourth-order valence-corrected chi connectivity index (χ4v) is 3.20. The number of ether oxygens (including phenoxy) is 14. The second-order valence-corrected chi connectivity index (χ2v) is 10.9. The topological polar surface area (TPSA) is 158 Å². The van der Waals surface area contributed by atoms with E-state index in [1.165, 1.54) is 0 Å². The zero-order valence-electron chi connectivity index (χ0n) is 30.0. The maximum Gasteiger partial charge on any atom is 0.407 e. The van der Waals surface area contributed by atoms with Gasteiger partial charge in [-0.25, -0.2) is 4.79 Å². The van der Waals surface area contributed by atoms with Crippen molar-refractivity contribution in [3.05, 3.63) is 0 Å². The second-order valence-electron chi connectivity index (χ2n) is 10.9. The molecule has 16 heteroatoms. The predicted molar refractivity (Wildman–Crippen MR) is 176 cm³/mol. The molecule has 0 aliphatic rings. The fraction of sp³-hybridized carbons (Fsp3) is 0.969. The summed E-state index contributed by atoms with van der Waals surface area (Å²) in [4.78, 5) is 11.5. The van der Waals surface area contributed by atoms with Crippen LogP contribution < -0.4 is 5.32 Å². The Balaban J connectivity index is 3.09. The molecule has 0 unspecified atom stereocenters. The van der Waals surface area contributed by atoms with Gasteiger partial charge in [0.15, 0.2) is 0 Å². The Morgan fingerprint density at radius 2 is 0.542 bits per heavy atom. The van der Waals surface area contributed by atoms with Crippen molar-refractivity contribution in [3.63, 3.8) is 0 Å². The van der Waals surface area contributed by atoms with Gasteiger partial charge in [0.05, 0.1) is 165 Å². The molecule has 0 bridgehead atoms. The number of hydrogen-bond donors (Lipinski definition) is 1. The van der Waals surface area contributed by atoms with Gasteiger partial charge in [0, 0.05) is 12.6 Å². The molecule has 0 fully saturated rings. The number of alkyl carbamates (subject to hydrolysis) is 1. The lowest BCUT2D eigenvalue weighted by Crippen LogP contribution is -2.41. The number of methoxy groups -OCH3 is 1. The molecule has 1 N–H and O–H groups in total. The molecule has 0 radical (unpaired) electrons.